The third kappa shape index (κ3) is 4.08. The maximum atomic E-state index is 12.8. The van der Waals surface area contributed by atoms with Crippen molar-refractivity contribution in [2.45, 2.75) is 45.2 Å². The number of hydrogen-bond donors (Lipinski definition) is 1. The van der Waals surface area contributed by atoms with E-state index in [-0.39, 0.29) is 11.9 Å². The number of hydrogen-bond acceptors (Lipinski definition) is 3. The Hall–Kier alpha value is -2.60. The normalized spacial score (nSPS) is 18.6. The third-order valence-electron chi connectivity index (χ3n) is 5.86. The Morgan fingerprint density at radius 1 is 1.28 bits per heavy atom. The highest BCUT2D eigenvalue weighted by Gasteiger charge is 2.33. The summed E-state index contributed by atoms with van der Waals surface area (Å²) in [6, 6.07) is 7.48. The molecule has 3 heterocycles. The molecule has 0 spiro atoms. The molecule has 0 saturated carbocycles. The third-order valence-corrected chi connectivity index (χ3v) is 6.08. The van der Waals surface area contributed by atoms with Gasteiger partial charge in [-0.2, -0.15) is 0 Å². The van der Waals surface area contributed by atoms with Crippen LogP contribution in [0, 0.1) is 6.92 Å². The molecule has 2 amide bonds. The van der Waals surface area contributed by atoms with Gasteiger partial charge in [-0.05, 0) is 72.7 Å². The van der Waals surface area contributed by atoms with Crippen LogP contribution in [0.3, 0.4) is 0 Å². The Balaban J connectivity index is 1.56. The van der Waals surface area contributed by atoms with Crippen LogP contribution in [0.15, 0.2) is 30.5 Å². The van der Waals surface area contributed by atoms with Crippen molar-refractivity contribution in [2.75, 3.05) is 13.1 Å². The van der Waals surface area contributed by atoms with Crippen molar-refractivity contribution in [1.29, 1.82) is 0 Å². The summed E-state index contributed by atoms with van der Waals surface area (Å²) in [5.74, 6) is 0.0794. The molecule has 1 aromatic heterocycles. The Morgan fingerprint density at radius 3 is 2.86 bits per heavy atom. The van der Waals surface area contributed by atoms with Gasteiger partial charge < -0.3 is 14.9 Å². The lowest BCUT2D eigenvalue weighted by atomic mass is 9.89. The lowest BCUT2D eigenvalue weighted by Gasteiger charge is -2.33. The molecular weight excluding hydrogens is 390 g/mol. The molecular formula is C22H24ClN3O3. The molecule has 0 radical (unpaired) electrons. The summed E-state index contributed by atoms with van der Waals surface area (Å²) in [6.07, 6.45) is 3.57. The minimum atomic E-state index is -0.888. The molecule has 1 saturated heterocycles. The molecule has 6 nitrogen and oxygen atoms in total. The number of likely N-dealkylation sites (tertiary alicyclic amines) is 1. The van der Waals surface area contributed by atoms with Gasteiger partial charge in [-0.25, -0.2) is 4.79 Å². The van der Waals surface area contributed by atoms with Crippen molar-refractivity contribution in [2.24, 2.45) is 0 Å². The van der Waals surface area contributed by atoms with Gasteiger partial charge in [0.2, 0.25) is 5.91 Å². The first-order chi connectivity index (χ1) is 13.9. The van der Waals surface area contributed by atoms with E-state index in [0.717, 1.165) is 40.8 Å². The zero-order valence-electron chi connectivity index (χ0n) is 16.4. The average molecular weight is 414 g/mol. The summed E-state index contributed by atoms with van der Waals surface area (Å²) < 4.78 is 0. The highest BCUT2D eigenvalue weighted by molar-refractivity contribution is 6.30. The van der Waals surface area contributed by atoms with Gasteiger partial charge in [0.1, 0.15) is 0 Å². The summed E-state index contributed by atoms with van der Waals surface area (Å²) >= 11 is 6.39. The van der Waals surface area contributed by atoms with Crippen molar-refractivity contribution in [3.63, 3.8) is 0 Å². The second kappa shape index (κ2) is 8.03. The largest absolute Gasteiger partial charge is 0.465 e. The minimum Gasteiger partial charge on any atom is -0.465 e. The molecule has 2 aliphatic heterocycles. The second-order valence-electron chi connectivity index (χ2n) is 7.81. The first-order valence-electron chi connectivity index (χ1n) is 9.92. The second-order valence-corrected chi connectivity index (χ2v) is 8.25. The number of amides is 2. The highest BCUT2D eigenvalue weighted by Crippen LogP contribution is 2.38. The summed E-state index contributed by atoms with van der Waals surface area (Å²) in [5, 5.41) is 10.1. The van der Waals surface area contributed by atoms with Crippen LogP contribution < -0.4 is 0 Å². The Labute approximate surface area is 175 Å². The molecule has 4 rings (SSSR count). The number of aryl methyl sites for hydroxylation is 1. The standard InChI is InChI=1S/C22H24ClN3O3/c1-14-9-15(4-6-24-14)10-21(27)25-8-5-18-16(13-25)11-17(23)12-19(18)20-3-2-7-26(20)22(28)29/h4,6,9,11-12,20H,2-3,5,7-8,10,13H2,1H3,(H,28,29)/t20-/m0/s1. The number of carbonyl (C=O) groups is 2. The summed E-state index contributed by atoms with van der Waals surface area (Å²) in [4.78, 5) is 32.0. The molecule has 152 valence electrons. The molecule has 1 N–H and O–H groups in total. The average Bonchev–Trinajstić information content (AvgIpc) is 3.17. The number of rotatable bonds is 3. The van der Waals surface area contributed by atoms with Crippen LogP contribution in [0.2, 0.25) is 5.02 Å². The Kier molecular flexibility index (Phi) is 5.46. The van der Waals surface area contributed by atoms with E-state index in [9.17, 15) is 14.7 Å². The van der Waals surface area contributed by atoms with E-state index < -0.39 is 6.09 Å². The molecule has 1 aromatic carbocycles. The predicted molar refractivity (Wildman–Crippen MR) is 110 cm³/mol. The van der Waals surface area contributed by atoms with Crippen LogP contribution in [-0.2, 0) is 24.2 Å². The monoisotopic (exact) mass is 413 g/mol. The number of pyridine rings is 1. The van der Waals surface area contributed by atoms with Crippen molar-refractivity contribution < 1.29 is 14.7 Å². The van der Waals surface area contributed by atoms with Gasteiger partial charge in [0.25, 0.3) is 0 Å². The summed E-state index contributed by atoms with van der Waals surface area (Å²) in [7, 11) is 0. The number of fused-ring (bicyclic) bond motifs is 1. The van der Waals surface area contributed by atoms with E-state index in [0.29, 0.717) is 37.5 Å². The van der Waals surface area contributed by atoms with Crippen LogP contribution in [0.25, 0.3) is 0 Å². The molecule has 7 heteroatoms. The van der Waals surface area contributed by atoms with Crippen LogP contribution in [0.1, 0.15) is 46.8 Å². The fourth-order valence-corrected chi connectivity index (χ4v) is 4.77. The maximum absolute atomic E-state index is 12.8. The predicted octanol–water partition coefficient (Wildman–Crippen LogP) is 3.99. The van der Waals surface area contributed by atoms with Gasteiger partial charge in [-0.1, -0.05) is 11.6 Å². The van der Waals surface area contributed by atoms with Crippen LogP contribution in [-0.4, -0.2) is 45.0 Å². The molecule has 0 aliphatic carbocycles. The number of carboxylic acid groups (broad SMARTS) is 1. The lowest BCUT2D eigenvalue weighted by Crippen LogP contribution is -2.38. The number of halogens is 1. The van der Waals surface area contributed by atoms with Gasteiger partial charge in [0, 0.05) is 36.5 Å². The van der Waals surface area contributed by atoms with E-state index in [1.807, 2.05) is 36.1 Å². The van der Waals surface area contributed by atoms with Crippen molar-refractivity contribution in [3.05, 3.63) is 63.4 Å². The first kappa shape index (κ1) is 19.7. The molecule has 0 bridgehead atoms. The number of nitrogens with zero attached hydrogens (tertiary/aromatic N) is 3. The van der Waals surface area contributed by atoms with E-state index in [1.165, 1.54) is 4.90 Å². The molecule has 2 aliphatic rings. The van der Waals surface area contributed by atoms with E-state index >= 15 is 0 Å². The van der Waals surface area contributed by atoms with Crippen LogP contribution >= 0.6 is 11.6 Å². The van der Waals surface area contributed by atoms with Crippen molar-refractivity contribution in [1.82, 2.24) is 14.8 Å². The quantitative estimate of drug-likeness (QED) is 0.825. The molecule has 29 heavy (non-hydrogen) atoms. The number of carbonyl (C=O) groups excluding carboxylic acids is 1. The topological polar surface area (TPSA) is 73.7 Å². The fourth-order valence-electron chi connectivity index (χ4n) is 4.52. The fraction of sp³-hybridized carbons (Fsp3) is 0.409. The van der Waals surface area contributed by atoms with Gasteiger partial charge in [-0.15, -0.1) is 0 Å². The molecule has 0 unspecified atom stereocenters. The van der Waals surface area contributed by atoms with Crippen molar-refractivity contribution >= 4 is 23.6 Å². The first-order valence-corrected chi connectivity index (χ1v) is 10.3. The molecule has 1 fully saturated rings. The number of aromatic nitrogens is 1. The van der Waals surface area contributed by atoms with Gasteiger partial charge >= 0.3 is 6.09 Å². The summed E-state index contributed by atoms with van der Waals surface area (Å²) in [5.41, 5.74) is 5.04. The van der Waals surface area contributed by atoms with Gasteiger partial charge in [0.05, 0.1) is 12.5 Å². The smallest absolute Gasteiger partial charge is 0.407 e. The van der Waals surface area contributed by atoms with Gasteiger partial charge in [-0.3, -0.25) is 9.78 Å². The maximum Gasteiger partial charge on any atom is 0.407 e. The Bertz CT molecular complexity index is 962. The van der Waals surface area contributed by atoms with E-state index in [2.05, 4.69) is 4.98 Å². The van der Waals surface area contributed by atoms with Crippen LogP contribution in [0.5, 0.6) is 0 Å². The SMILES string of the molecule is Cc1cc(CC(=O)N2CCc3c(cc(Cl)cc3[C@@H]3CCCN3C(=O)O)C2)ccn1. The Morgan fingerprint density at radius 2 is 2.10 bits per heavy atom. The number of benzene rings is 1. The zero-order chi connectivity index (χ0) is 20.5. The van der Waals surface area contributed by atoms with Crippen LogP contribution in [0.4, 0.5) is 4.79 Å². The minimum absolute atomic E-state index is 0.0794. The van der Waals surface area contributed by atoms with Gasteiger partial charge in [0.15, 0.2) is 0 Å². The van der Waals surface area contributed by atoms with Crippen molar-refractivity contribution in [3.8, 4) is 0 Å². The highest BCUT2D eigenvalue weighted by atomic mass is 35.5. The zero-order valence-corrected chi connectivity index (χ0v) is 17.2. The summed E-state index contributed by atoms with van der Waals surface area (Å²) in [6.45, 7) is 3.60. The molecule has 2 aromatic rings. The molecule has 1 atom stereocenters. The van der Waals surface area contributed by atoms with E-state index in [1.54, 1.807) is 6.20 Å². The lowest BCUT2D eigenvalue weighted by molar-refractivity contribution is -0.131. The van der Waals surface area contributed by atoms with E-state index in [4.69, 9.17) is 11.6 Å².